The summed E-state index contributed by atoms with van der Waals surface area (Å²) in [5.74, 6) is 0.207. The van der Waals surface area contributed by atoms with Gasteiger partial charge in [0.1, 0.15) is 4.88 Å². The lowest BCUT2D eigenvalue weighted by Crippen LogP contribution is -2.29. The van der Waals surface area contributed by atoms with Crippen LogP contribution in [0.5, 0.6) is 0 Å². The number of aryl methyl sites for hydroxylation is 1. The number of amides is 1. The first-order valence-electron chi connectivity index (χ1n) is 5.37. The molecule has 6 heteroatoms. The molecule has 1 unspecified atom stereocenters. The van der Waals surface area contributed by atoms with Gasteiger partial charge in [0.25, 0.3) is 5.91 Å². The zero-order chi connectivity index (χ0) is 12.0. The van der Waals surface area contributed by atoms with E-state index >= 15 is 0 Å². The fourth-order valence-electron chi connectivity index (χ4n) is 1.39. The molecule has 1 atom stereocenters. The molecule has 0 spiro atoms. The lowest BCUT2D eigenvalue weighted by atomic mass is 10.0. The Morgan fingerprint density at radius 2 is 2.38 bits per heavy atom. The van der Waals surface area contributed by atoms with Gasteiger partial charge in [0.15, 0.2) is 0 Å². The highest BCUT2D eigenvalue weighted by Crippen LogP contribution is 2.10. The monoisotopic (exact) mass is 243 g/mol. The van der Waals surface area contributed by atoms with E-state index < -0.39 is 0 Å². The molecule has 0 aliphatic carbocycles. The molecule has 0 saturated heterocycles. The maximum absolute atomic E-state index is 11.7. The third kappa shape index (κ3) is 3.53. The van der Waals surface area contributed by atoms with E-state index in [1.165, 1.54) is 0 Å². The van der Waals surface area contributed by atoms with Gasteiger partial charge in [0.05, 0.1) is 5.69 Å². The van der Waals surface area contributed by atoms with Crippen LogP contribution < -0.4 is 5.32 Å². The second-order valence-electron chi connectivity index (χ2n) is 3.68. The lowest BCUT2D eigenvalue weighted by molar-refractivity contribution is 0.0947. The van der Waals surface area contributed by atoms with E-state index in [1.54, 1.807) is 6.92 Å². The Morgan fingerprint density at radius 1 is 1.62 bits per heavy atom. The summed E-state index contributed by atoms with van der Waals surface area (Å²) in [6, 6.07) is 0. The van der Waals surface area contributed by atoms with Gasteiger partial charge >= 0.3 is 0 Å². The Kier molecular flexibility index (Phi) is 5.34. The fraction of sp³-hybridized carbons (Fsp3) is 0.700. The van der Waals surface area contributed by atoms with Gasteiger partial charge in [-0.1, -0.05) is 17.8 Å². The predicted molar refractivity (Wildman–Crippen MR) is 62.5 cm³/mol. The molecule has 0 aliphatic rings. The number of carbonyl (C=O) groups is 1. The average molecular weight is 243 g/mol. The molecule has 2 N–H and O–H groups in total. The molecule has 1 heterocycles. The van der Waals surface area contributed by atoms with Crippen LogP contribution in [0.15, 0.2) is 0 Å². The van der Waals surface area contributed by atoms with E-state index in [4.69, 9.17) is 5.11 Å². The molecule has 0 radical (unpaired) electrons. The quantitative estimate of drug-likeness (QED) is 0.781. The summed E-state index contributed by atoms with van der Waals surface area (Å²) in [6.45, 7) is 4.57. The number of hydrogen-bond acceptors (Lipinski definition) is 5. The van der Waals surface area contributed by atoms with Crippen LogP contribution in [0.1, 0.15) is 35.1 Å². The van der Waals surface area contributed by atoms with Crippen LogP contribution in [0.2, 0.25) is 0 Å². The third-order valence-corrected chi connectivity index (χ3v) is 3.35. The minimum Gasteiger partial charge on any atom is -0.396 e. The Morgan fingerprint density at radius 3 is 2.88 bits per heavy atom. The van der Waals surface area contributed by atoms with Crippen LogP contribution in [0.3, 0.4) is 0 Å². The number of aliphatic hydroxyl groups excluding tert-OH is 1. The van der Waals surface area contributed by atoms with Gasteiger partial charge in [-0.2, -0.15) is 0 Å². The Labute approximate surface area is 99.0 Å². The van der Waals surface area contributed by atoms with Gasteiger partial charge < -0.3 is 10.4 Å². The Hall–Kier alpha value is -1.01. The molecule has 1 rings (SSSR count). The first-order valence-corrected chi connectivity index (χ1v) is 6.14. The van der Waals surface area contributed by atoms with Gasteiger partial charge in [-0.15, -0.1) is 5.10 Å². The summed E-state index contributed by atoms with van der Waals surface area (Å²) < 4.78 is 3.72. The van der Waals surface area contributed by atoms with Crippen molar-refractivity contribution >= 4 is 17.4 Å². The van der Waals surface area contributed by atoms with Crippen LogP contribution in [0, 0.1) is 12.8 Å². The minimum atomic E-state index is -0.121. The highest BCUT2D eigenvalue weighted by Gasteiger charge is 2.14. The molecule has 1 aromatic rings. The van der Waals surface area contributed by atoms with Crippen LogP contribution in [0.4, 0.5) is 0 Å². The molecule has 0 bridgehead atoms. The van der Waals surface area contributed by atoms with Crippen molar-refractivity contribution in [1.82, 2.24) is 14.9 Å². The molecule has 1 amide bonds. The zero-order valence-electron chi connectivity index (χ0n) is 9.56. The standard InChI is InChI=1S/C10H17N3O2S/c1-3-8(4-5-14)6-11-10(15)9-7(2)12-13-16-9/h8,14H,3-6H2,1-2H3,(H,11,15). The summed E-state index contributed by atoms with van der Waals surface area (Å²) in [5, 5.41) is 15.5. The van der Waals surface area contributed by atoms with Crippen LogP contribution in [0.25, 0.3) is 0 Å². The van der Waals surface area contributed by atoms with Gasteiger partial charge in [-0.3, -0.25) is 4.79 Å². The molecule has 16 heavy (non-hydrogen) atoms. The number of nitrogens with one attached hydrogen (secondary N) is 1. The van der Waals surface area contributed by atoms with Crippen molar-refractivity contribution in [2.75, 3.05) is 13.2 Å². The van der Waals surface area contributed by atoms with Crippen molar-refractivity contribution in [3.8, 4) is 0 Å². The Balaban J connectivity index is 2.43. The van der Waals surface area contributed by atoms with Crippen molar-refractivity contribution in [3.63, 3.8) is 0 Å². The van der Waals surface area contributed by atoms with E-state index in [0.717, 1.165) is 24.4 Å². The molecule has 0 saturated carbocycles. The summed E-state index contributed by atoms with van der Waals surface area (Å²) in [5.41, 5.74) is 0.665. The van der Waals surface area contributed by atoms with Gasteiger partial charge in [0.2, 0.25) is 0 Å². The topological polar surface area (TPSA) is 75.1 Å². The van der Waals surface area contributed by atoms with Gasteiger partial charge in [-0.25, -0.2) is 0 Å². The molecule has 90 valence electrons. The number of aromatic nitrogens is 2. The van der Waals surface area contributed by atoms with E-state index in [1.807, 2.05) is 6.92 Å². The van der Waals surface area contributed by atoms with Crippen molar-refractivity contribution in [1.29, 1.82) is 0 Å². The van der Waals surface area contributed by atoms with Crippen molar-refractivity contribution in [2.24, 2.45) is 5.92 Å². The number of rotatable bonds is 6. The number of aliphatic hydroxyl groups is 1. The highest BCUT2D eigenvalue weighted by atomic mass is 32.1. The summed E-state index contributed by atoms with van der Waals surface area (Å²) >= 11 is 1.11. The molecule has 0 aliphatic heterocycles. The van der Waals surface area contributed by atoms with E-state index in [0.29, 0.717) is 23.0 Å². The van der Waals surface area contributed by atoms with Gasteiger partial charge in [0, 0.05) is 13.2 Å². The molecular formula is C10H17N3O2S. The SMILES string of the molecule is CCC(CCO)CNC(=O)c1snnc1C. The fourth-order valence-corrected chi connectivity index (χ4v) is 1.96. The van der Waals surface area contributed by atoms with Crippen LogP contribution in [-0.2, 0) is 0 Å². The summed E-state index contributed by atoms with van der Waals surface area (Å²) in [4.78, 5) is 12.3. The molecule has 1 aromatic heterocycles. The Bertz CT molecular complexity index is 341. The second kappa shape index (κ2) is 6.55. The average Bonchev–Trinajstić information content (AvgIpc) is 2.70. The lowest BCUT2D eigenvalue weighted by Gasteiger charge is -2.13. The second-order valence-corrected chi connectivity index (χ2v) is 4.44. The molecule has 0 fully saturated rings. The summed E-state index contributed by atoms with van der Waals surface area (Å²) in [7, 11) is 0. The number of carbonyl (C=O) groups excluding carboxylic acids is 1. The number of nitrogens with zero attached hydrogens (tertiary/aromatic N) is 2. The largest absolute Gasteiger partial charge is 0.396 e. The molecule has 0 aromatic carbocycles. The van der Waals surface area contributed by atoms with Crippen LogP contribution in [-0.4, -0.2) is 33.8 Å². The first kappa shape index (κ1) is 13.1. The van der Waals surface area contributed by atoms with Crippen molar-refractivity contribution in [3.05, 3.63) is 10.6 Å². The van der Waals surface area contributed by atoms with Crippen molar-refractivity contribution < 1.29 is 9.90 Å². The van der Waals surface area contributed by atoms with E-state index in [-0.39, 0.29) is 12.5 Å². The maximum atomic E-state index is 11.7. The van der Waals surface area contributed by atoms with E-state index in [9.17, 15) is 4.79 Å². The normalized spacial score (nSPS) is 12.4. The smallest absolute Gasteiger partial charge is 0.264 e. The van der Waals surface area contributed by atoms with Crippen LogP contribution >= 0.6 is 11.5 Å². The number of hydrogen-bond donors (Lipinski definition) is 2. The van der Waals surface area contributed by atoms with E-state index in [2.05, 4.69) is 14.9 Å². The summed E-state index contributed by atoms with van der Waals surface area (Å²) in [6.07, 6.45) is 1.66. The molecule has 5 nitrogen and oxygen atoms in total. The molecular weight excluding hydrogens is 226 g/mol. The first-order chi connectivity index (χ1) is 7.69. The third-order valence-electron chi connectivity index (χ3n) is 2.52. The zero-order valence-corrected chi connectivity index (χ0v) is 10.4. The van der Waals surface area contributed by atoms with Crippen molar-refractivity contribution in [2.45, 2.75) is 26.7 Å². The van der Waals surface area contributed by atoms with Gasteiger partial charge in [-0.05, 0) is 30.8 Å². The predicted octanol–water partition coefficient (Wildman–Crippen LogP) is 0.985. The minimum absolute atomic E-state index is 0.121. The maximum Gasteiger partial charge on any atom is 0.264 e. The highest BCUT2D eigenvalue weighted by molar-refractivity contribution is 7.07.